The van der Waals surface area contributed by atoms with E-state index in [2.05, 4.69) is 168 Å². The molecule has 9 aromatic rings. The summed E-state index contributed by atoms with van der Waals surface area (Å²) in [7, 11) is 0. The lowest BCUT2D eigenvalue weighted by Gasteiger charge is -2.30. The van der Waals surface area contributed by atoms with Crippen molar-refractivity contribution in [3.05, 3.63) is 198 Å². The monoisotopic (exact) mass is 635 g/mol. The van der Waals surface area contributed by atoms with Crippen LogP contribution in [-0.4, -0.2) is 14.5 Å². The van der Waals surface area contributed by atoms with Crippen LogP contribution in [0, 0.1) is 0 Å². The van der Waals surface area contributed by atoms with Gasteiger partial charge in [0.15, 0.2) is 5.82 Å². The summed E-state index contributed by atoms with van der Waals surface area (Å²) in [6.45, 7) is 0. The molecule has 1 spiro atoms. The van der Waals surface area contributed by atoms with Gasteiger partial charge in [-0.2, -0.15) is 0 Å². The van der Waals surface area contributed by atoms with Crippen LogP contribution in [0.5, 0.6) is 0 Å². The Bertz CT molecular complexity index is 2710. The minimum atomic E-state index is -0.426. The van der Waals surface area contributed by atoms with Crippen LogP contribution in [-0.2, 0) is 5.41 Å². The Labute approximate surface area is 289 Å². The van der Waals surface area contributed by atoms with Crippen LogP contribution in [0.1, 0.15) is 22.3 Å². The Morgan fingerprint density at radius 3 is 1.68 bits per heavy atom. The molecule has 2 aliphatic carbocycles. The lowest BCUT2D eigenvalue weighted by molar-refractivity contribution is 0.794. The number of benzene rings is 7. The highest BCUT2D eigenvalue weighted by Crippen LogP contribution is 2.64. The Balaban J connectivity index is 1.30. The third-order valence-electron chi connectivity index (χ3n) is 10.8. The minimum Gasteiger partial charge on any atom is -0.293 e. The van der Waals surface area contributed by atoms with E-state index in [1.54, 1.807) is 0 Å². The van der Waals surface area contributed by atoms with Crippen molar-refractivity contribution in [1.29, 1.82) is 0 Å². The molecule has 2 aliphatic rings. The minimum absolute atomic E-state index is 0.426. The van der Waals surface area contributed by atoms with Crippen LogP contribution in [0.25, 0.3) is 72.5 Å². The summed E-state index contributed by atoms with van der Waals surface area (Å²) < 4.78 is 2.40. The second-order valence-electron chi connectivity index (χ2n) is 13.3. The smallest absolute Gasteiger partial charge is 0.162 e. The Morgan fingerprint density at radius 2 is 0.980 bits per heavy atom. The number of nitrogens with zero attached hydrogens (tertiary/aromatic N) is 3. The normalized spacial score (nSPS) is 13.4. The van der Waals surface area contributed by atoms with Gasteiger partial charge in [-0.1, -0.05) is 164 Å². The first-order valence-corrected chi connectivity index (χ1v) is 17.2. The molecule has 0 unspecified atom stereocenters. The molecule has 0 bridgehead atoms. The molecule has 3 nitrogen and oxygen atoms in total. The topological polar surface area (TPSA) is 30.7 Å². The fourth-order valence-electron chi connectivity index (χ4n) is 8.89. The third kappa shape index (κ3) is 3.53. The van der Waals surface area contributed by atoms with E-state index in [4.69, 9.17) is 9.97 Å². The van der Waals surface area contributed by atoms with Gasteiger partial charge in [-0.25, -0.2) is 9.97 Å². The van der Waals surface area contributed by atoms with E-state index in [0.717, 1.165) is 28.2 Å². The second-order valence-corrected chi connectivity index (χ2v) is 13.3. The number of para-hydroxylation sites is 1. The zero-order valence-electron chi connectivity index (χ0n) is 27.1. The molecule has 7 aromatic carbocycles. The predicted molar refractivity (Wildman–Crippen MR) is 204 cm³/mol. The fraction of sp³-hybridized carbons (Fsp3) is 0.0213. The van der Waals surface area contributed by atoms with E-state index < -0.39 is 5.41 Å². The third-order valence-corrected chi connectivity index (χ3v) is 10.8. The molecule has 232 valence electrons. The maximum atomic E-state index is 5.37. The maximum Gasteiger partial charge on any atom is 0.162 e. The van der Waals surface area contributed by atoms with Crippen molar-refractivity contribution in [2.75, 3.05) is 0 Å². The predicted octanol–water partition coefficient (Wildman–Crippen LogP) is 11.3. The molecule has 0 saturated heterocycles. The van der Waals surface area contributed by atoms with Gasteiger partial charge in [-0.15, -0.1) is 0 Å². The first kappa shape index (κ1) is 27.4. The summed E-state index contributed by atoms with van der Waals surface area (Å²) in [6, 6.07) is 63.4. The molecule has 2 heterocycles. The molecule has 0 fully saturated rings. The zero-order chi connectivity index (χ0) is 32.8. The van der Waals surface area contributed by atoms with Gasteiger partial charge >= 0.3 is 0 Å². The fourth-order valence-corrected chi connectivity index (χ4v) is 8.89. The molecule has 11 rings (SSSR count). The highest BCUT2D eigenvalue weighted by molar-refractivity contribution is 6.16. The van der Waals surface area contributed by atoms with Crippen LogP contribution >= 0.6 is 0 Å². The molecule has 0 radical (unpaired) electrons. The van der Waals surface area contributed by atoms with Gasteiger partial charge in [-0.3, -0.25) is 4.57 Å². The van der Waals surface area contributed by atoms with Crippen molar-refractivity contribution in [3.8, 4) is 50.7 Å². The molecule has 0 saturated carbocycles. The molecule has 2 aromatic heterocycles. The van der Waals surface area contributed by atoms with Crippen molar-refractivity contribution < 1.29 is 0 Å². The Kier molecular flexibility index (Phi) is 5.59. The summed E-state index contributed by atoms with van der Waals surface area (Å²) in [5, 5.41) is 2.42. The molecule has 0 aliphatic heterocycles. The van der Waals surface area contributed by atoms with Gasteiger partial charge in [-0.05, 0) is 45.0 Å². The van der Waals surface area contributed by atoms with E-state index in [-0.39, 0.29) is 0 Å². The first-order chi connectivity index (χ1) is 24.8. The molecular weight excluding hydrogens is 607 g/mol. The van der Waals surface area contributed by atoms with Gasteiger partial charge < -0.3 is 0 Å². The van der Waals surface area contributed by atoms with E-state index in [0.29, 0.717) is 5.82 Å². The molecule has 0 atom stereocenters. The quantitative estimate of drug-likeness (QED) is 0.193. The number of hydrogen-bond acceptors (Lipinski definition) is 2. The SMILES string of the molecule is c1ccc(-c2cc(-n3c4ccccc4c4ccc5c(c43)-c3ccccc3C53c4ccccc4-c4ccccc43)nc(-c3ccccc3)n2)cc1. The van der Waals surface area contributed by atoms with E-state index in [9.17, 15) is 0 Å². The van der Waals surface area contributed by atoms with Crippen LogP contribution < -0.4 is 0 Å². The van der Waals surface area contributed by atoms with Crippen LogP contribution in [0.15, 0.2) is 176 Å². The molecular formula is C47H29N3. The summed E-state index contributed by atoms with van der Waals surface area (Å²) in [5.41, 5.74) is 15.3. The standard InChI is InChI=1S/C47H29N3/c1-3-15-30(16-4-1)41-29-43(49-46(48-41)31-17-5-2-6-18-31)50-42-26-14-10-21-34(42)35-27-28-40-44(45(35)50)36-22-9-13-25-39(36)47(40)37-23-11-7-19-32(37)33-20-8-12-24-38(33)47/h1-29H. The van der Waals surface area contributed by atoms with Crippen molar-refractivity contribution in [2.24, 2.45) is 0 Å². The summed E-state index contributed by atoms with van der Waals surface area (Å²) in [4.78, 5) is 10.5. The van der Waals surface area contributed by atoms with Gasteiger partial charge in [0.1, 0.15) is 5.82 Å². The van der Waals surface area contributed by atoms with Gasteiger partial charge in [0.25, 0.3) is 0 Å². The van der Waals surface area contributed by atoms with E-state index in [1.165, 1.54) is 60.8 Å². The van der Waals surface area contributed by atoms with Gasteiger partial charge in [0.05, 0.1) is 22.1 Å². The van der Waals surface area contributed by atoms with Crippen molar-refractivity contribution >= 4 is 21.8 Å². The number of hydrogen-bond donors (Lipinski definition) is 0. The average molecular weight is 636 g/mol. The van der Waals surface area contributed by atoms with Crippen LogP contribution in [0.3, 0.4) is 0 Å². The van der Waals surface area contributed by atoms with Crippen LogP contribution in [0.4, 0.5) is 0 Å². The molecule has 0 amide bonds. The van der Waals surface area contributed by atoms with E-state index in [1.807, 2.05) is 12.1 Å². The first-order valence-electron chi connectivity index (χ1n) is 17.2. The number of fused-ring (bicyclic) bond motifs is 14. The van der Waals surface area contributed by atoms with Crippen LogP contribution in [0.2, 0.25) is 0 Å². The lowest BCUT2D eigenvalue weighted by atomic mass is 9.70. The molecule has 50 heavy (non-hydrogen) atoms. The summed E-state index contributed by atoms with van der Waals surface area (Å²) >= 11 is 0. The Hall–Kier alpha value is -6.58. The summed E-state index contributed by atoms with van der Waals surface area (Å²) in [6.07, 6.45) is 0. The van der Waals surface area contributed by atoms with Crippen molar-refractivity contribution in [3.63, 3.8) is 0 Å². The largest absolute Gasteiger partial charge is 0.293 e. The lowest BCUT2D eigenvalue weighted by Crippen LogP contribution is -2.25. The van der Waals surface area contributed by atoms with Crippen molar-refractivity contribution in [2.45, 2.75) is 5.41 Å². The number of rotatable bonds is 3. The van der Waals surface area contributed by atoms with E-state index >= 15 is 0 Å². The highest BCUT2D eigenvalue weighted by atomic mass is 15.1. The van der Waals surface area contributed by atoms with Crippen molar-refractivity contribution in [1.82, 2.24) is 14.5 Å². The number of aromatic nitrogens is 3. The van der Waals surface area contributed by atoms with Gasteiger partial charge in [0, 0.05) is 33.5 Å². The molecule has 0 N–H and O–H groups in total. The summed E-state index contributed by atoms with van der Waals surface area (Å²) in [5.74, 6) is 1.55. The highest BCUT2D eigenvalue weighted by Gasteiger charge is 2.52. The second kappa shape index (κ2) is 10.2. The zero-order valence-corrected chi connectivity index (χ0v) is 27.1. The Morgan fingerprint density at radius 1 is 0.420 bits per heavy atom. The van der Waals surface area contributed by atoms with Gasteiger partial charge in [0.2, 0.25) is 0 Å². The average Bonchev–Trinajstić information content (AvgIpc) is 3.80. The molecule has 3 heteroatoms. The maximum absolute atomic E-state index is 5.37.